The van der Waals surface area contributed by atoms with Gasteiger partial charge in [-0.25, -0.2) is 0 Å². The molecule has 0 heterocycles. The van der Waals surface area contributed by atoms with Crippen LogP contribution in [0.25, 0.3) is 0 Å². The van der Waals surface area contributed by atoms with Crippen LogP contribution in [0, 0.1) is 0 Å². The van der Waals surface area contributed by atoms with Gasteiger partial charge in [0.25, 0.3) is 5.91 Å². The summed E-state index contributed by atoms with van der Waals surface area (Å²) in [4.78, 5) is 13.7. The van der Waals surface area contributed by atoms with E-state index in [-0.39, 0.29) is 5.91 Å². The van der Waals surface area contributed by atoms with Gasteiger partial charge >= 0.3 is 0 Å². The lowest BCUT2D eigenvalue weighted by molar-refractivity contribution is 0.0774. The van der Waals surface area contributed by atoms with Gasteiger partial charge in [-0.05, 0) is 31.2 Å². The van der Waals surface area contributed by atoms with E-state index in [4.69, 9.17) is 11.6 Å². The van der Waals surface area contributed by atoms with Crippen LogP contribution in [0.3, 0.4) is 0 Å². The molecule has 0 aliphatic rings. The van der Waals surface area contributed by atoms with Crippen LogP contribution in [0.2, 0.25) is 0 Å². The number of nitrogens with zero attached hydrogens (tertiary/aromatic N) is 1. The second-order valence-electron chi connectivity index (χ2n) is 3.08. The van der Waals surface area contributed by atoms with Crippen molar-refractivity contribution in [3.63, 3.8) is 0 Å². The Hall–Kier alpha value is -0.540. The zero-order valence-corrected chi connectivity index (χ0v) is 10.9. The topological polar surface area (TPSA) is 20.3 Å². The number of carbonyl (C=O) groups excluding carboxylic acids is 1. The van der Waals surface area contributed by atoms with E-state index in [0.29, 0.717) is 24.5 Å². The highest BCUT2D eigenvalue weighted by atomic mass is 79.9. The Morgan fingerprint density at radius 1 is 1.40 bits per heavy atom. The first kappa shape index (κ1) is 12.5. The Kier molecular flexibility index (Phi) is 5.12. The van der Waals surface area contributed by atoms with Crippen molar-refractivity contribution in [2.24, 2.45) is 0 Å². The molecule has 0 bridgehead atoms. The molecule has 0 spiro atoms. The third-order valence-corrected chi connectivity index (χ3v) is 2.81. The van der Waals surface area contributed by atoms with Crippen LogP contribution in [0.1, 0.15) is 17.3 Å². The monoisotopic (exact) mass is 289 g/mol. The van der Waals surface area contributed by atoms with E-state index in [9.17, 15) is 4.79 Å². The van der Waals surface area contributed by atoms with E-state index >= 15 is 0 Å². The first-order valence-electron chi connectivity index (χ1n) is 4.79. The summed E-state index contributed by atoms with van der Waals surface area (Å²) in [6.07, 6.45) is 0. The summed E-state index contributed by atoms with van der Waals surface area (Å²) in [6, 6.07) is 7.34. The van der Waals surface area contributed by atoms with E-state index < -0.39 is 0 Å². The fraction of sp³-hybridized carbons (Fsp3) is 0.364. The molecule has 0 saturated carbocycles. The molecule has 1 aromatic carbocycles. The first-order chi connectivity index (χ1) is 7.19. The lowest BCUT2D eigenvalue weighted by Gasteiger charge is -2.19. The molecule has 1 aromatic rings. The van der Waals surface area contributed by atoms with Gasteiger partial charge in [-0.2, -0.15) is 0 Å². The minimum atomic E-state index is 0.0330. The molecule has 0 aliphatic carbocycles. The maximum Gasteiger partial charge on any atom is 0.253 e. The van der Waals surface area contributed by atoms with Crippen LogP contribution in [-0.4, -0.2) is 29.8 Å². The summed E-state index contributed by atoms with van der Waals surface area (Å²) in [5, 5.41) is 0. The Balaban J connectivity index is 2.78. The Morgan fingerprint density at radius 3 is 2.47 bits per heavy atom. The summed E-state index contributed by atoms with van der Waals surface area (Å²) < 4.78 is 0.972. The highest BCUT2D eigenvalue weighted by molar-refractivity contribution is 9.10. The maximum atomic E-state index is 11.9. The highest BCUT2D eigenvalue weighted by Crippen LogP contribution is 2.12. The zero-order chi connectivity index (χ0) is 11.3. The smallest absolute Gasteiger partial charge is 0.253 e. The standard InChI is InChI=1S/C11H13BrClNO/c1-2-14(8-7-13)11(15)9-3-5-10(12)6-4-9/h3-6H,2,7-8H2,1H3. The zero-order valence-electron chi connectivity index (χ0n) is 8.54. The molecule has 0 aliphatic heterocycles. The predicted octanol–water partition coefficient (Wildman–Crippen LogP) is 3.15. The van der Waals surface area contributed by atoms with Crippen LogP contribution in [-0.2, 0) is 0 Å². The number of halogens is 2. The average Bonchev–Trinajstić information content (AvgIpc) is 2.26. The average molecular weight is 291 g/mol. The Bertz CT molecular complexity index is 326. The number of hydrogen-bond donors (Lipinski definition) is 0. The van der Waals surface area contributed by atoms with Crippen molar-refractivity contribution < 1.29 is 4.79 Å². The summed E-state index contributed by atoms with van der Waals surface area (Å²) in [5.41, 5.74) is 0.699. The fourth-order valence-corrected chi connectivity index (χ4v) is 1.75. The molecule has 2 nitrogen and oxygen atoms in total. The Labute approximate surface area is 103 Å². The lowest BCUT2D eigenvalue weighted by atomic mass is 10.2. The van der Waals surface area contributed by atoms with Gasteiger partial charge in [-0.1, -0.05) is 15.9 Å². The third-order valence-electron chi connectivity index (χ3n) is 2.11. The minimum Gasteiger partial charge on any atom is -0.338 e. The quantitative estimate of drug-likeness (QED) is 0.780. The summed E-state index contributed by atoms with van der Waals surface area (Å²) in [5.74, 6) is 0.501. The van der Waals surface area contributed by atoms with E-state index in [1.807, 2.05) is 31.2 Å². The normalized spacial score (nSPS) is 10.1. The predicted molar refractivity (Wildman–Crippen MR) is 66.4 cm³/mol. The van der Waals surface area contributed by atoms with Crippen LogP contribution >= 0.6 is 27.5 Å². The molecule has 0 atom stereocenters. The van der Waals surface area contributed by atoms with Gasteiger partial charge < -0.3 is 4.90 Å². The van der Waals surface area contributed by atoms with Crippen molar-refractivity contribution >= 4 is 33.4 Å². The number of alkyl halides is 1. The van der Waals surface area contributed by atoms with Gasteiger partial charge in [0.2, 0.25) is 0 Å². The van der Waals surface area contributed by atoms with Crippen molar-refractivity contribution in [3.8, 4) is 0 Å². The van der Waals surface area contributed by atoms with Crippen LogP contribution in [0.4, 0.5) is 0 Å². The van der Waals surface area contributed by atoms with Crippen molar-refractivity contribution in [2.75, 3.05) is 19.0 Å². The van der Waals surface area contributed by atoms with Gasteiger partial charge in [0, 0.05) is 29.0 Å². The van der Waals surface area contributed by atoms with E-state index in [1.54, 1.807) is 4.90 Å². The molecule has 0 saturated heterocycles. The summed E-state index contributed by atoms with van der Waals surface area (Å²) >= 11 is 8.96. The maximum absolute atomic E-state index is 11.9. The van der Waals surface area contributed by atoms with Crippen molar-refractivity contribution in [2.45, 2.75) is 6.92 Å². The molecule has 1 rings (SSSR count). The van der Waals surface area contributed by atoms with Gasteiger partial charge in [0.1, 0.15) is 0 Å². The SMILES string of the molecule is CCN(CCCl)C(=O)c1ccc(Br)cc1. The van der Waals surface area contributed by atoms with Gasteiger partial charge in [0.05, 0.1) is 0 Å². The number of carbonyl (C=O) groups is 1. The summed E-state index contributed by atoms with van der Waals surface area (Å²) in [6.45, 7) is 3.22. The number of amides is 1. The molecule has 0 fully saturated rings. The number of benzene rings is 1. The molecular formula is C11H13BrClNO. The molecule has 0 N–H and O–H groups in total. The third kappa shape index (κ3) is 3.50. The van der Waals surface area contributed by atoms with E-state index in [2.05, 4.69) is 15.9 Å². The molecule has 82 valence electrons. The summed E-state index contributed by atoms with van der Waals surface area (Å²) in [7, 11) is 0. The molecule has 0 radical (unpaired) electrons. The van der Waals surface area contributed by atoms with Gasteiger partial charge in [-0.15, -0.1) is 11.6 Å². The van der Waals surface area contributed by atoms with Gasteiger partial charge in [0.15, 0.2) is 0 Å². The van der Waals surface area contributed by atoms with Crippen molar-refractivity contribution in [1.29, 1.82) is 0 Å². The molecular weight excluding hydrogens is 277 g/mol. The second kappa shape index (κ2) is 6.13. The molecule has 15 heavy (non-hydrogen) atoms. The molecule has 0 unspecified atom stereocenters. The number of rotatable bonds is 4. The van der Waals surface area contributed by atoms with E-state index in [0.717, 1.165) is 4.47 Å². The lowest BCUT2D eigenvalue weighted by Crippen LogP contribution is -2.32. The van der Waals surface area contributed by atoms with Crippen molar-refractivity contribution in [3.05, 3.63) is 34.3 Å². The van der Waals surface area contributed by atoms with E-state index in [1.165, 1.54) is 0 Å². The van der Waals surface area contributed by atoms with Crippen LogP contribution < -0.4 is 0 Å². The largest absolute Gasteiger partial charge is 0.338 e. The first-order valence-corrected chi connectivity index (χ1v) is 6.12. The highest BCUT2D eigenvalue weighted by Gasteiger charge is 2.12. The van der Waals surface area contributed by atoms with Crippen LogP contribution in [0.5, 0.6) is 0 Å². The van der Waals surface area contributed by atoms with Gasteiger partial charge in [-0.3, -0.25) is 4.79 Å². The second-order valence-corrected chi connectivity index (χ2v) is 4.37. The molecule has 0 aromatic heterocycles. The van der Waals surface area contributed by atoms with Crippen LogP contribution in [0.15, 0.2) is 28.7 Å². The van der Waals surface area contributed by atoms with Crippen molar-refractivity contribution in [1.82, 2.24) is 4.90 Å². The Morgan fingerprint density at radius 2 is 2.00 bits per heavy atom. The minimum absolute atomic E-state index is 0.0330. The fourth-order valence-electron chi connectivity index (χ4n) is 1.28. The number of hydrogen-bond acceptors (Lipinski definition) is 1. The molecule has 1 amide bonds. The molecule has 4 heteroatoms.